The van der Waals surface area contributed by atoms with Crippen LogP contribution >= 0.6 is 0 Å². The molecule has 3 aromatic rings. The summed E-state index contributed by atoms with van der Waals surface area (Å²) >= 11 is 0. The third-order valence-corrected chi connectivity index (χ3v) is 4.18. The van der Waals surface area contributed by atoms with Crippen LogP contribution in [-0.4, -0.2) is 25.0 Å². The lowest BCUT2D eigenvalue weighted by Crippen LogP contribution is -2.01. The molecule has 134 valence electrons. The van der Waals surface area contributed by atoms with Gasteiger partial charge in [0.25, 0.3) is 0 Å². The van der Waals surface area contributed by atoms with Gasteiger partial charge in [-0.1, -0.05) is 18.6 Å². The molecule has 0 aliphatic rings. The van der Waals surface area contributed by atoms with Gasteiger partial charge in [0, 0.05) is 24.1 Å². The molecule has 0 aliphatic carbocycles. The Morgan fingerprint density at radius 1 is 0.962 bits per heavy atom. The fourth-order valence-corrected chi connectivity index (χ4v) is 2.80. The van der Waals surface area contributed by atoms with Crippen LogP contribution in [0.3, 0.4) is 0 Å². The van der Waals surface area contributed by atoms with Gasteiger partial charge in [0.15, 0.2) is 17.3 Å². The first-order chi connectivity index (χ1) is 12.6. The van der Waals surface area contributed by atoms with E-state index >= 15 is 0 Å². The van der Waals surface area contributed by atoms with Crippen LogP contribution in [0, 0.1) is 6.92 Å². The molecule has 0 saturated heterocycles. The minimum Gasteiger partial charge on any atom is -0.493 e. The quantitative estimate of drug-likeness (QED) is 0.588. The number of aryl methyl sites for hydroxylation is 1. The summed E-state index contributed by atoms with van der Waals surface area (Å²) in [6.07, 6.45) is 2.08. The van der Waals surface area contributed by atoms with Gasteiger partial charge in [0.2, 0.25) is 0 Å². The number of carbonyl (C=O) groups is 1. The number of aromatic nitrogens is 1. The molecule has 1 heterocycles. The van der Waals surface area contributed by atoms with Gasteiger partial charge >= 0.3 is 0 Å². The Balaban J connectivity index is 2.11. The average molecular weight is 351 g/mol. The van der Waals surface area contributed by atoms with Crippen molar-refractivity contribution in [3.05, 3.63) is 53.7 Å². The highest BCUT2D eigenvalue weighted by molar-refractivity contribution is 5.99. The first-order valence-corrected chi connectivity index (χ1v) is 8.39. The molecule has 0 unspecified atom stereocenters. The van der Waals surface area contributed by atoms with E-state index in [1.54, 1.807) is 32.5 Å². The molecule has 5 nitrogen and oxygen atoms in total. The normalized spacial score (nSPS) is 10.6. The molecule has 0 bridgehead atoms. The van der Waals surface area contributed by atoms with Gasteiger partial charge in [-0.2, -0.15) is 0 Å². The van der Waals surface area contributed by atoms with E-state index in [0.29, 0.717) is 35.0 Å². The summed E-state index contributed by atoms with van der Waals surface area (Å²) in [7, 11) is 3.16. The molecule has 5 heteroatoms. The minimum absolute atomic E-state index is 0.0429. The van der Waals surface area contributed by atoms with Crippen molar-refractivity contribution in [1.29, 1.82) is 0 Å². The number of carbonyl (C=O) groups excluding carboxylic acids is 1. The summed E-state index contributed by atoms with van der Waals surface area (Å²) in [6.45, 7) is 3.79. The summed E-state index contributed by atoms with van der Waals surface area (Å²) in [5.74, 6) is 2.37. The molecular weight excluding hydrogens is 330 g/mol. The van der Waals surface area contributed by atoms with Crippen LogP contribution in [0.1, 0.15) is 29.3 Å². The highest BCUT2D eigenvalue weighted by Gasteiger charge is 2.15. The zero-order chi connectivity index (χ0) is 18.7. The van der Waals surface area contributed by atoms with Crippen molar-refractivity contribution >= 4 is 16.7 Å². The monoisotopic (exact) mass is 351 g/mol. The average Bonchev–Trinajstić information content (AvgIpc) is 2.67. The Kier molecular flexibility index (Phi) is 5.07. The molecule has 0 amide bonds. The standard InChI is InChI=1S/C21H21NO4/c1-5-17(23)15-10-13(2)6-7-18(15)26-19-8-9-22-16-12-21(25-4)20(24-3)11-14(16)19/h6-12H,5H2,1-4H3. The molecule has 0 N–H and O–H groups in total. The number of benzene rings is 2. The predicted octanol–water partition coefficient (Wildman–Crippen LogP) is 4.95. The Morgan fingerprint density at radius 2 is 1.69 bits per heavy atom. The molecule has 0 spiro atoms. The van der Waals surface area contributed by atoms with Crippen molar-refractivity contribution in [1.82, 2.24) is 4.98 Å². The third kappa shape index (κ3) is 3.33. The van der Waals surface area contributed by atoms with Crippen LogP contribution in [0.4, 0.5) is 0 Å². The lowest BCUT2D eigenvalue weighted by atomic mass is 10.0. The number of methoxy groups -OCH3 is 2. The van der Waals surface area contributed by atoms with Gasteiger partial charge in [-0.25, -0.2) is 0 Å². The van der Waals surface area contributed by atoms with Crippen LogP contribution in [0.15, 0.2) is 42.6 Å². The molecule has 3 rings (SSSR count). The largest absolute Gasteiger partial charge is 0.493 e. The molecule has 0 atom stereocenters. The van der Waals surface area contributed by atoms with E-state index in [4.69, 9.17) is 14.2 Å². The number of ketones is 1. The molecule has 0 saturated carbocycles. The number of hydrogen-bond donors (Lipinski definition) is 0. The molecule has 0 fully saturated rings. The molecular formula is C21H21NO4. The lowest BCUT2D eigenvalue weighted by Gasteiger charge is -2.14. The van der Waals surface area contributed by atoms with Crippen LogP contribution in [0.5, 0.6) is 23.0 Å². The number of ether oxygens (including phenoxy) is 3. The van der Waals surface area contributed by atoms with E-state index in [1.165, 1.54) is 0 Å². The molecule has 0 radical (unpaired) electrons. The molecule has 1 aromatic heterocycles. The van der Waals surface area contributed by atoms with Gasteiger partial charge in [-0.15, -0.1) is 0 Å². The van der Waals surface area contributed by atoms with Crippen molar-refractivity contribution in [2.45, 2.75) is 20.3 Å². The van der Waals surface area contributed by atoms with E-state index in [9.17, 15) is 4.79 Å². The lowest BCUT2D eigenvalue weighted by molar-refractivity contribution is 0.0986. The number of hydrogen-bond acceptors (Lipinski definition) is 5. The summed E-state index contributed by atoms with van der Waals surface area (Å²) in [5, 5.41) is 0.778. The Morgan fingerprint density at radius 3 is 2.38 bits per heavy atom. The van der Waals surface area contributed by atoms with Gasteiger partial charge in [-0.05, 0) is 31.2 Å². The Bertz CT molecular complexity index is 966. The maximum absolute atomic E-state index is 12.3. The van der Waals surface area contributed by atoms with E-state index < -0.39 is 0 Å². The van der Waals surface area contributed by atoms with Gasteiger partial charge in [0.05, 0.1) is 25.3 Å². The first-order valence-electron chi connectivity index (χ1n) is 8.39. The number of fused-ring (bicyclic) bond motifs is 1. The summed E-state index contributed by atoms with van der Waals surface area (Å²) in [5.41, 5.74) is 2.31. The van der Waals surface area contributed by atoms with Crippen molar-refractivity contribution in [2.75, 3.05) is 14.2 Å². The van der Waals surface area contributed by atoms with E-state index in [1.807, 2.05) is 38.1 Å². The fraction of sp³-hybridized carbons (Fsp3) is 0.238. The highest BCUT2D eigenvalue weighted by atomic mass is 16.5. The zero-order valence-corrected chi connectivity index (χ0v) is 15.3. The van der Waals surface area contributed by atoms with E-state index in [-0.39, 0.29) is 5.78 Å². The summed E-state index contributed by atoms with van der Waals surface area (Å²) in [6, 6.07) is 11.0. The van der Waals surface area contributed by atoms with Crippen molar-refractivity contribution in [3.63, 3.8) is 0 Å². The second-order valence-electron chi connectivity index (χ2n) is 5.91. The molecule has 0 aliphatic heterocycles. The summed E-state index contributed by atoms with van der Waals surface area (Å²) < 4.78 is 16.8. The van der Waals surface area contributed by atoms with Gasteiger partial charge in [0.1, 0.15) is 11.5 Å². The second kappa shape index (κ2) is 7.44. The minimum atomic E-state index is 0.0429. The summed E-state index contributed by atoms with van der Waals surface area (Å²) in [4.78, 5) is 16.7. The Labute approximate surface area is 152 Å². The Hall–Kier alpha value is -3.08. The van der Waals surface area contributed by atoms with Crippen molar-refractivity contribution in [3.8, 4) is 23.0 Å². The molecule has 26 heavy (non-hydrogen) atoms. The molecule has 2 aromatic carbocycles. The fourth-order valence-electron chi connectivity index (χ4n) is 2.80. The first kappa shape index (κ1) is 17.7. The smallest absolute Gasteiger partial charge is 0.166 e. The number of nitrogens with zero attached hydrogens (tertiary/aromatic N) is 1. The SMILES string of the molecule is CCC(=O)c1cc(C)ccc1Oc1ccnc2cc(OC)c(OC)cc12. The van der Waals surface area contributed by atoms with Crippen LogP contribution in [0.2, 0.25) is 0 Å². The number of Topliss-reactive ketones (excluding diaryl/α,β-unsaturated/α-hetero) is 1. The maximum atomic E-state index is 12.3. The van der Waals surface area contributed by atoms with E-state index in [2.05, 4.69) is 4.98 Å². The highest BCUT2D eigenvalue weighted by Crippen LogP contribution is 2.37. The number of rotatable bonds is 6. The maximum Gasteiger partial charge on any atom is 0.166 e. The van der Waals surface area contributed by atoms with Crippen LogP contribution < -0.4 is 14.2 Å². The van der Waals surface area contributed by atoms with Crippen LogP contribution in [-0.2, 0) is 0 Å². The van der Waals surface area contributed by atoms with Crippen molar-refractivity contribution in [2.24, 2.45) is 0 Å². The predicted molar refractivity (Wildman–Crippen MR) is 101 cm³/mol. The van der Waals surface area contributed by atoms with Crippen molar-refractivity contribution < 1.29 is 19.0 Å². The third-order valence-electron chi connectivity index (χ3n) is 4.18. The second-order valence-corrected chi connectivity index (χ2v) is 5.91. The van der Waals surface area contributed by atoms with E-state index in [0.717, 1.165) is 16.5 Å². The topological polar surface area (TPSA) is 57.7 Å². The van der Waals surface area contributed by atoms with Gasteiger partial charge < -0.3 is 14.2 Å². The van der Waals surface area contributed by atoms with Gasteiger partial charge in [-0.3, -0.25) is 9.78 Å². The number of pyridine rings is 1. The zero-order valence-electron chi connectivity index (χ0n) is 15.3. The van der Waals surface area contributed by atoms with Crippen LogP contribution in [0.25, 0.3) is 10.9 Å².